The monoisotopic (exact) mass is 321 g/mol. The van der Waals surface area contributed by atoms with Gasteiger partial charge in [0, 0.05) is 12.8 Å². The van der Waals surface area contributed by atoms with Crippen molar-refractivity contribution in [3.05, 3.63) is 35.9 Å². The van der Waals surface area contributed by atoms with Crippen molar-refractivity contribution in [2.45, 2.75) is 45.3 Å². The summed E-state index contributed by atoms with van der Waals surface area (Å²) in [7, 11) is 1.21. The molecule has 6 heteroatoms. The van der Waals surface area contributed by atoms with Crippen LogP contribution in [-0.2, 0) is 25.7 Å². The van der Waals surface area contributed by atoms with E-state index in [0.717, 1.165) is 18.4 Å². The van der Waals surface area contributed by atoms with E-state index in [0.29, 0.717) is 6.42 Å². The molecule has 6 nitrogen and oxygen atoms in total. The molecule has 1 N–H and O–H groups in total. The van der Waals surface area contributed by atoms with Crippen molar-refractivity contribution in [3.8, 4) is 0 Å². The summed E-state index contributed by atoms with van der Waals surface area (Å²) in [6, 6.07) is 8.14. The minimum absolute atomic E-state index is 0.0876. The van der Waals surface area contributed by atoms with E-state index in [1.165, 1.54) is 7.11 Å². The molecule has 0 aromatic heterocycles. The summed E-state index contributed by atoms with van der Waals surface area (Å²) in [4.78, 5) is 35.3. The van der Waals surface area contributed by atoms with Crippen molar-refractivity contribution in [2.75, 3.05) is 7.11 Å². The zero-order chi connectivity index (χ0) is 17.1. The quantitative estimate of drug-likeness (QED) is 0.707. The predicted octanol–water partition coefficient (Wildman–Crippen LogP) is 2.60. The average molecular weight is 321 g/mol. The van der Waals surface area contributed by atoms with Gasteiger partial charge in [-0.3, -0.25) is 4.79 Å². The molecule has 0 fully saturated rings. The molecular formula is C17H23NO5. The third kappa shape index (κ3) is 7.44. The maximum absolute atomic E-state index is 11.8. The Morgan fingerprint density at radius 1 is 1.17 bits per heavy atom. The molecule has 1 aromatic rings. The number of nitrogens with one attached hydrogen (secondary N) is 1. The molecule has 0 aliphatic rings. The third-order valence-corrected chi connectivity index (χ3v) is 3.23. The van der Waals surface area contributed by atoms with Crippen LogP contribution in [0.2, 0.25) is 0 Å². The number of unbranched alkanes of at least 4 members (excludes halogenated alkanes) is 1. The van der Waals surface area contributed by atoms with E-state index in [1.807, 2.05) is 37.3 Å². The van der Waals surface area contributed by atoms with E-state index in [-0.39, 0.29) is 18.8 Å². The van der Waals surface area contributed by atoms with Crippen molar-refractivity contribution >= 4 is 17.8 Å². The Kier molecular flexibility index (Phi) is 8.42. The molecule has 1 aromatic carbocycles. The molecular weight excluding hydrogens is 298 g/mol. The van der Waals surface area contributed by atoms with Crippen LogP contribution in [0.4, 0.5) is 4.79 Å². The number of ether oxygens (including phenoxy) is 2. The van der Waals surface area contributed by atoms with Crippen molar-refractivity contribution in [3.63, 3.8) is 0 Å². The van der Waals surface area contributed by atoms with E-state index in [9.17, 15) is 14.4 Å². The maximum atomic E-state index is 11.8. The molecule has 1 rings (SSSR count). The number of ketones is 1. The Morgan fingerprint density at radius 2 is 1.87 bits per heavy atom. The molecule has 0 unspecified atom stereocenters. The minimum atomic E-state index is -1.02. The lowest BCUT2D eigenvalue weighted by Gasteiger charge is -2.15. The number of carbonyl (C=O) groups is 3. The second-order valence-corrected chi connectivity index (χ2v) is 5.13. The molecule has 0 spiro atoms. The average Bonchev–Trinajstić information content (AvgIpc) is 2.57. The molecule has 0 saturated carbocycles. The first-order chi connectivity index (χ1) is 11.1. The summed E-state index contributed by atoms with van der Waals surface area (Å²) in [5.41, 5.74) is 0.830. The van der Waals surface area contributed by atoms with Gasteiger partial charge in [-0.25, -0.2) is 9.59 Å². The number of hydrogen-bond donors (Lipinski definition) is 1. The molecule has 23 heavy (non-hydrogen) atoms. The van der Waals surface area contributed by atoms with E-state index in [2.05, 4.69) is 10.1 Å². The summed E-state index contributed by atoms with van der Waals surface area (Å²) >= 11 is 0. The van der Waals surface area contributed by atoms with Gasteiger partial charge in [-0.1, -0.05) is 43.7 Å². The van der Waals surface area contributed by atoms with Gasteiger partial charge in [0.05, 0.1) is 7.11 Å². The van der Waals surface area contributed by atoms with Crippen LogP contribution in [0.1, 0.15) is 38.2 Å². The third-order valence-electron chi connectivity index (χ3n) is 3.23. The lowest BCUT2D eigenvalue weighted by Crippen LogP contribution is -2.43. The summed E-state index contributed by atoms with van der Waals surface area (Å²) in [5.74, 6) is -0.753. The minimum Gasteiger partial charge on any atom is -0.467 e. The van der Waals surface area contributed by atoms with Crippen molar-refractivity contribution in [1.82, 2.24) is 5.32 Å². The normalized spacial score (nSPS) is 11.4. The summed E-state index contributed by atoms with van der Waals surface area (Å²) in [6.07, 6.45) is 1.18. The molecule has 0 aliphatic carbocycles. The van der Waals surface area contributed by atoms with E-state index in [4.69, 9.17) is 4.74 Å². The van der Waals surface area contributed by atoms with Crippen LogP contribution < -0.4 is 5.32 Å². The highest BCUT2D eigenvalue weighted by atomic mass is 16.6. The maximum Gasteiger partial charge on any atom is 0.408 e. The number of carbonyl (C=O) groups excluding carboxylic acids is 3. The predicted molar refractivity (Wildman–Crippen MR) is 84.7 cm³/mol. The number of hydrogen-bond acceptors (Lipinski definition) is 5. The van der Waals surface area contributed by atoms with E-state index >= 15 is 0 Å². The van der Waals surface area contributed by atoms with Crippen LogP contribution in [0.3, 0.4) is 0 Å². The Labute approximate surface area is 136 Å². The fourth-order valence-corrected chi connectivity index (χ4v) is 1.95. The smallest absolute Gasteiger partial charge is 0.408 e. The Hall–Kier alpha value is -2.37. The largest absolute Gasteiger partial charge is 0.467 e. The van der Waals surface area contributed by atoms with E-state index < -0.39 is 18.1 Å². The second-order valence-electron chi connectivity index (χ2n) is 5.13. The van der Waals surface area contributed by atoms with Crippen LogP contribution in [-0.4, -0.2) is 31.0 Å². The van der Waals surface area contributed by atoms with Gasteiger partial charge in [0.2, 0.25) is 0 Å². The molecule has 0 aliphatic heterocycles. The number of amides is 1. The van der Waals surface area contributed by atoms with Crippen LogP contribution in [0.5, 0.6) is 0 Å². The van der Waals surface area contributed by atoms with Crippen molar-refractivity contribution in [1.29, 1.82) is 0 Å². The summed E-state index contributed by atoms with van der Waals surface area (Å²) in [6.45, 7) is 2.06. The highest BCUT2D eigenvalue weighted by Crippen LogP contribution is 2.05. The molecule has 0 heterocycles. The first-order valence-corrected chi connectivity index (χ1v) is 7.63. The number of methoxy groups -OCH3 is 1. The number of esters is 1. The summed E-state index contributed by atoms with van der Waals surface area (Å²) < 4.78 is 9.67. The van der Waals surface area contributed by atoms with Crippen molar-refractivity contribution < 1.29 is 23.9 Å². The highest BCUT2D eigenvalue weighted by molar-refractivity contribution is 5.88. The fourth-order valence-electron chi connectivity index (χ4n) is 1.95. The second kappa shape index (κ2) is 10.4. The van der Waals surface area contributed by atoms with Gasteiger partial charge < -0.3 is 14.8 Å². The van der Waals surface area contributed by atoms with Gasteiger partial charge in [0.15, 0.2) is 0 Å². The first kappa shape index (κ1) is 18.7. The van der Waals surface area contributed by atoms with Crippen LogP contribution >= 0.6 is 0 Å². The molecule has 0 radical (unpaired) electrons. The molecule has 0 bridgehead atoms. The van der Waals surface area contributed by atoms with Crippen LogP contribution in [0.25, 0.3) is 0 Å². The van der Waals surface area contributed by atoms with Gasteiger partial charge in [0.25, 0.3) is 0 Å². The van der Waals surface area contributed by atoms with Crippen molar-refractivity contribution in [2.24, 2.45) is 0 Å². The molecule has 1 amide bonds. The number of Topliss-reactive ketones (excluding diaryl/α,β-unsaturated/α-hetero) is 1. The number of alkyl carbamates (subject to hydrolysis) is 1. The van der Waals surface area contributed by atoms with Crippen LogP contribution in [0.15, 0.2) is 30.3 Å². The van der Waals surface area contributed by atoms with Crippen LogP contribution in [0, 0.1) is 0 Å². The molecule has 0 saturated heterocycles. The Morgan fingerprint density at radius 3 is 2.48 bits per heavy atom. The number of rotatable bonds is 9. The lowest BCUT2D eigenvalue weighted by molar-refractivity contribution is -0.144. The standard InChI is InChI=1S/C17H23NO5/c1-3-4-10-14(19)11-15(16(20)22-2)18-17(21)23-12-13-8-6-5-7-9-13/h5-9,15H,3-4,10-12H2,1-2H3,(H,18,21)/t15-/m0/s1. The van der Waals surface area contributed by atoms with E-state index in [1.54, 1.807) is 0 Å². The first-order valence-electron chi connectivity index (χ1n) is 7.63. The molecule has 1 atom stereocenters. The van der Waals surface area contributed by atoms with Gasteiger partial charge in [-0.2, -0.15) is 0 Å². The SMILES string of the molecule is CCCCC(=O)C[C@H](NC(=O)OCc1ccccc1)C(=O)OC. The Bertz CT molecular complexity index is 515. The topological polar surface area (TPSA) is 81.7 Å². The zero-order valence-electron chi connectivity index (χ0n) is 13.5. The van der Waals surface area contributed by atoms with Gasteiger partial charge >= 0.3 is 12.1 Å². The van der Waals surface area contributed by atoms with Gasteiger partial charge in [-0.05, 0) is 12.0 Å². The zero-order valence-corrected chi connectivity index (χ0v) is 13.5. The molecule has 126 valence electrons. The number of benzene rings is 1. The fraction of sp³-hybridized carbons (Fsp3) is 0.471. The van der Waals surface area contributed by atoms with Gasteiger partial charge in [-0.15, -0.1) is 0 Å². The Balaban J connectivity index is 2.50. The van der Waals surface area contributed by atoms with Gasteiger partial charge in [0.1, 0.15) is 18.4 Å². The lowest BCUT2D eigenvalue weighted by atomic mass is 10.1. The highest BCUT2D eigenvalue weighted by Gasteiger charge is 2.24. The summed E-state index contributed by atoms with van der Waals surface area (Å²) in [5, 5.41) is 2.39.